The largest absolute Gasteiger partial charge is 0.326 e. The zero-order chi connectivity index (χ0) is 14.5. The van der Waals surface area contributed by atoms with Crippen molar-refractivity contribution in [1.29, 1.82) is 0 Å². The molecule has 1 aromatic rings. The van der Waals surface area contributed by atoms with E-state index >= 15 is 0 Å². The second-order valence-electron chi connectivity index (χ2n) is 5.63. The van der Waals surface area contributed by atoms with Gasteiger partial charge in [-0.1, -0.05) is 43.5 Å². The van der Waals surface area contributed by atoms with Gasteiger partial charge in [-0.25, -0.2) is 0 Å². The standard InChI is InChI=1S/C17H25NOS/c1-4-5-6-7-16(19)18-10-11-20-17(18)15-9-8-13(2)12-14(15)3/h8-9,12,17H,4-7,10-11H2,1-3H3. The van der Waals surface area contributed by atoms with Gasteiger partial charge in [0.25, 0.3) is 0 Å². The lowest BCUT2D eigenvalue weighted by Crippen LogP contribution is -2.30. The monoisotopic (exact) mass is 291 g/mol. The van der Waals surface area contributed by atoms with Crippen LogP contribution < -0.4 is 0 Å². The molecule has 0 aromatic heterocycles. The highest BCUT2D eigenvalue weighted by Crippen LogP contribution is 2.39. The van der Waals surface area contributed by atoms with Crippen LogP contribution in [0, 0.1) is 13.8 Å². The number of thioether (sulfide) groups is 1. The molecule has 1 atom stereocenters. The van der Waals surface area contributed by atoms with Crippen LogP contribution >= 0.6 is 11.8 Å². The van der Waals surface area contributed by atoms with Crippen molar-refractivity contribution in [3.63, 3.8) is 0 Å². The minimum atomic E-state index is 0.227. The summed E-state index contributed by atoms with van der Waals surface area (Å²) >= 11 is 1.90. The van der Waals surface area contributed by atoms with Crippen molar-refractivity contribution >= 4 is 17.7 Å². The van der Waals surface area contributed by atoms with Crippen LogP contribution in [0.15, 0.2) is 18.2 Å². The van der Waals surface area contributed by atoms with Gasteiger partial charge in [0.1, 0.15) is 5.37 Å². The number of hydrogen-bond acceptors (Lipinski definition) is 2. The van der Waals surface area contributed by atoms with E-state index in [0.29, 0.717) is 12.3 Å². The van der Waals surface area contributed by atoms with Gasteiger partial charge in [-0.15, -0.1) is 11.8 Å². The molecule has 0 radical (unpaired) electrons. The first-order valence-electron chi connectivity index (χ1n) is 7.61. The van der Waals surface area contributed by atoms with Crippen LogP contribution in [0.1, 0.15) is 54.7 Å². The van der Waals surface area contributed by atoms with E-state index in [2.05, 4.69) is 43.9 Å². The minimum Gasteiger partial charge on any atom is -0.326 e. The highest BCUT2D eigenvalue weighted by molar-refractivity contribution is 7.99. The second kappa shape index (κ2) is 7.16. The summed E-state index contributed by atoms with van der Waals surface area (Å²) < 4.78 is 0. The summed E-state index contributed by atoms with van der Waals surface area (Å²) in [6.45, 7) is 7.34. The Balaban J connectivity index is 2.08. The van der Waals surface area contributed by atoms with E-state index < -0.39 is 0 Å². The first kappa shape index (κ1) is 15.4. The van der Waals surface area contributed by atoms with E-state index in [1.54, 1.807) is 0 Å². The normalized spacial score (nSPS) is 18.6. The van der Waals surface area contributed by atoms with Crippen LogP contribution in [0.3, 0.4) is 0 Å². The maximum Gasteiger partial charge on any atom is 0.223 e. The molecule has 0 N–H and O–H groups in total. The molecule has 0 bridgehead atoms. The van der Waals surface area contributed by atoms with Gasteiger partial charge in [0.2, 0.25) is 5.91 Å². The molecule has 0 spiro atoms. The fourth-order valence-corrected chi connectivity index (χ4v) is 4.13. The zero-order valence-electron chi connectivity index (χ0n) is 12.8. The van der Waals surface area contributed by atoms with Crippen molar-refractivity contribution in [3.8, 4) is 0 Å². The van der Waals surface area contributed by atoms with Gasteiger partial charge in [0.05, 0.1) is 0 Å². The van der Waals surface area contributed by atoms with E-state index in [1.165, 1.54) is 23.1 Å². The molecule has 1 heterocycles. The average molecular weight is 291 g/mol. The molecule has 1 fully saturated rings. The Morgan fingerprint density at radius 3 is 2.85 bits per heavy atom. The van der Waals surface area contributed by atoms with E-state index in [0.717, 1.165) is 25.1 Å². The van der Waals surface area contributed by atoms with Gasteiger partial charge in [0.15, 0.2) is 0 Å². The van der Waals surface area contributed by atoms with Crippen LogP contribution in [0.25, 0.3) is 0 Å². The van der Waals surface area contributed by atoms with Gasteiger partial charge in [-0.05, 0) is 31.4 Å². The number of amides is 1. The average Bonchev–Trinajstić information content (AvgIpc) is 2.88. The summed E-state index contributed by atoms with van der Waals surface area (Å²) in [5, 5.41) is 0.227. The number of carbonyl (C=O) groups is 1. The topological polar surface area (TPSA) is 20.3 Å². The van der Waals surface area contributed by atoms with Gasteiger partial charge in [0, 0.05) is 18.7 Å². The summed E-state index contributed by atoms with van der Waals surface area (Å²) in [5.41, 5.74) is 3.90. The van der Waals surface area contributed by atoms with Crippen LogP contribution in [-0.2, 0) is 4.79 Å². The lowest BCUT2D eigenvalue weighted by Gasteiger charge is -2.25. The molecule has 1 aliphatic rings. The Hall–Kier alpha value is -0.960. The molecule has 1 saturated heterocycles. The third kappa shape index (κ3) is 3.57. The van der Waals surface area contributed by atoms with Crippen LogP contribution in [0.4, 0.5) is 0 Å². The van der Waals surface area contributed by atoms with Crippen molar-refractivity contribution in [2.24, 2.45) is 0 Å². The highest BCUT2D eigenvalue weighted by atomic mass is 32.2. The molecule has 20 heavy (non-hydrogen) atoms. The summed E-state index contributed by atoms with van der Waals surface area (Å²) in [5.74, 6) is 1.38. The van der Waals surface area contributed by atoms with E-state index in [1.807, 2.05) is 11.8 Å². The summed E-state index contributed by atoms with van der Waals surface area (Å²) in [6.07, 6.45) is 4.05. The predicted molar refractivity (Wildman–Crippen MR) is 87.0 cm³/mol. The van der Waals surface area contributed by atoms with Gasteiger partial charge >= 0.3 is 0 Å². The number of nitrogens with zero attached hydrogens (tertiary/aromatic N) is 1. The number of benzene rings is 1. The van der Waals surface area contributed by atoms with Gasteiger partial charge in [-0.2, -0.15) is 0 Å². The van der Waals surface area contributed by atoms with Crippen LogP contribution in [0.5, 0.6) is 0 Å². The molecule has 0 saturated carbocycles. The Morgan fingerprint density at radius 2 is 2.15 bits per heavy atom. The van der Waals surface area contributed by atoms with Crippen molar-refractivity contribution in [2.75, 3.05) is 12.3 Å². The molecule has 2 rings (SSSR count). The fraction of sp³-hybridized carbons (Fsp3) is 0.588. The summed E-state index contributed by atoms with van der Waals surface area (Å²) in [4.78, 5) is 14.5. The van der Waals surface area contributed by atoms with Gasteiger partial charge < -0.3 is 4.90 Å². The number of rotatable bonds is 5. The van der Waals surface area contributed by atoms with Crippen molar-refractivity contribution in [2.45, 2.75) is 51.8 Å². The lowest BCUT2D eigenvalue weighted by atomic mass is 10.0. The molecule has 1 aliphatic heterocycles. The molecule has 1 aromatic carbocycles. The Kier molecular flexibility index (Phi) is 5.53. The molecule has 3 heteroatoms. The summed E-state index contributed by atoms with van der Waals surface area (Å²) in [6, 6.07) is 6.56. The minimum absolute atomic E-state index is 0.227. The van der Waals surface area contributed by atoms with Crippen molar-refractivity contribution in [3.05, 3.63) is 34.9 Å². The Labute approximate surface area is 126 Å². The van der Waals surface area contributed by atoms with E-state index in [4.69, 9.17) is 0 Å². The maximum absolute atomic E-state index is 12.4. The lowest BCUT2D eigenvalue weighted by molar-refractivity contribution is -0.131. The van der Waals surface area contributed by atoms with E-state index in [-0.39, 0.29) is 5.37 Å². The summed E-state index contributed by atoms with van der Waals surface area (Å²) in [7, 11) is 0. The number of hydrogen-bond donors (Lipinski definition) is 0. The molecular formula is C17H25NOS. The number of unbranched alkanes of at least 4 members (excludes halogenated alkanes) is 2. The Morgan fingerprint density at radius 1 is 1.35 bits per heavy atom. The van der Waals surface area contributed by atoms with Crippen molar-refractivity contribution in [1.82, 2.24) is 4.90 Å². The first-order chi connectivity index (χ1) is 9.63. The maximum atomic E-state index is 12.4. The van der Waals surface area contributed by atoms with E-state index in [9.17, 15) is 4.79 Å². The zero-order valence-corrected chi connectivity index (χ0v) is 13.6. The molecule has 1 unspecified atom stereocenters. The molecule has 2 nitrogen and oxygen atoms in total. The molecule has 1 amide bonds. The third-order valence-corrected chi connectivity index (χ3v) is 5.14. The van der Waals surface area contributed by atoms with Crippen molar-refractivity contribution < 1.29 is 4.79 Å². The number of aryl methyl sites for hydroxylation is 2. The van der Waals surface area contributed by atoms with Gasteiger partial charge in [-0.3, -0.25) is 4.79 Å². The number of carbonyl (C=O) groups excluding carboxylic acids is 1. The predicted octanol–water partition coefficient (Wildman–Crippen LogP) is 4.46. The first-order valence-corrected chi connectivity index (χ1v) is 8.66. The highest BCUT2D eigenvalue weighted by Gasteiger charge is 2.30. The second-order valence-corrected chi connectivity index (χ2v) is 6.82. The SMILES string of the molecule is CCCCCC(=O)N1CCSC1c1ccc(C)cc1C. The molecule has 0 aliphatic carbocycles. The fourth-order valence-electron chi connectivity index (χ4n) is 2.76. The van der Waals surface area contributed by atoms with Crippen LogP contribution in [0.2, 0.25) is 0 Å². The van der Waals surface area contributed by atoms with Crippen LogP contribution in [-0.4, -0.2) is 23.1 Å². The Bertz CT molecular complexity index is 472. The molecule has 110 valence electrons. The smallest absolute Gasteiger partial charge is 0.223 e. The quantitative estimate of drug-likeness (QED) is 0.747. The molecular weight excluding hydrogens is 266 g/mol. The third-order valence-electron chi connectivity index (χ3n) is 3.90.